The summed E-state index contributed by atoms with van der Waals surface area (Å²) in [7, 11) is 0. The van der Waals surface area contributed by atoms with Gasteiger partial charge in [-0.05, 0) is 40.5 Å². The first-order chi connectivity index (χ1) is 15.3. The van der Waals surface area contributed by atoms with E-state index >= 15 is 0 Å². The number of benzene rings is 3. The first-order valence-corrected chi connectivity index (χ1v) is 11.3. The lowest BCUT2D eigenvalue weighted by atomic mass is 9.70. The van der Waals surface area contributed by atoms with Crippen LogP contribution in [0.15, 0.2) is 90.5 Å². The van der Waals surface area contributed by atoms with Gasteiger partial charge in [-0.1, -0.05) is 105 Å². The summed E-state index contributed by atoms with van der Waals surface area (Å²) in [5.74, 6) is 0.639. The van der Waals surface area contributed by atoms with Gasteiger partial charge in [0.15, 0.2) is 5.78 Å². The van der Waals surface area contributed by atoms with Gasteiger partial charge in [-0.15, -0.1) is 0 Å². The van der Waals surface area contributed by atoms with E-state index in [1.807, 2.05) is 54.6 Å². The summed E-state index contributed by atoms with van der Waals surface area (Å²) in [4.78, 5) is 26.0. The molecule has 2 bridgehead atoms. The molecular formula is C30H28O2. The van der Waals surface area contributed by atoms with Crippen LogP contribution in [0.25, 0.3) is 5.57 Å². The summed E-state index contributed by atoms with van der Waals surface area (Å²) in [5.41, 5.74) is 5.71. The number of hydrogen-bond donors (Lipinski definition) is 0. The Morgan fingerprint density at radius 3 is 1.88 bits per heavy atom. The maximum Gasteiger partial charge on any atom is 0.193 e. The molecule has 0 radical (unpaired) electrons. The van der Waals surface area contributed by atoms with Crippen LogP contribution in [-0.4, -0.2) is 11.6 Å². The second kappa shape index (κ2) is 7.41. The van der Waals surface area contributed by atoms with Crippen LogP contribution in [-0.2, 0) is 4.79 Å². The molecule has 2 unspecified atom stereocenters. The van der Waals surface area contributed by atoms with Crippen molar-refractivity contribution in [2.24, 2.45) is 16.7 Å². The second-order valence-electron chi connectivity index (χ2n) is 9.95. The molecule has 2 nitrogen and oxygen atoms in total. The summed E-state index contributed by atoms with van der Waals surface area (Å²) in [6.07, 6.45) is 1.39. The highest BCUT2D eigenvalue weighted by molar-refractivity contribution is 6.09. The predicted octanol–water partition coefficient (Wildman–Crippen LogP) is 6.74. The topological polar surface area (TPSA) is 34.1 Å². The number of Topliss-reactive ketones (excluding diaryl/α,β-unsaturated/α-hetero) is 1. The van der Waals surface area contributed by atoms with Crippen LogP contribution in [0.4, 0.5) is 0 Å². The molecule has 160 valence electrons. The maximum absolute atomic E-state index is 13.1. The van der Waals surface area contributed by atoms with Gasteiger partial charge in [-0.2, -0.15) is 0 Å². The molecule has 3 aromatic rings. The van der Waals surface area contributed by atoms with E-state index in [0.29, 0.717) is 23.3 Å². The lowest BCUT2D eigenvalue weighted by Gasteiger charge is -2.31. The number of rotatable bonds is 4. The van der Waals surface area contributed by atoms with E-state index < -0.39 is 0 Å². The van der Waals surface area contributed by atoms with E-state index in [9.17, 15) is 9.59 Å². The minimum atomic E-state index is -0.329. The number of carbonyl (C=O) groups excluding carboxylic acids is 2. The lowest BCUT2D eigenvalue weighted by Crippen LogP contribution is -2.32. The Bertz CT molecular complexity index is 1230. The van der Waals surface area contributed by atoms with Crippen molar-refractivity contribution in [2.45, 2.75) is 33.6 Å². The number of carbonyl (C=O) groups is 2. The highest BCUT2D eigenvalue weighted by atomic mass is 16.1. The minimum absolute atomic E-state index is 0.0280. The Hall–Kier alpha value is -3.26. The van der Waals surface area contributed by atoms with Crippen molar-refractivity contribution in [3.8, 4) is 0 Å². The van der Waals surface area contributed by atoms with Gasteiger partial charge in [0, 0.05) is 23.0 Å². The fourth-order valence-electron chi connectivity index (χ4n) is 5.78. The highest BCUT2D eigenvalue weighted by Crippen LogP contribution is 2.67. The molecule has 0 saturated heterocycles. The van der Waals surface area contributed by atoms with E-state index in [1.54, 1.807) is 0 Å². The van der Waals surface area contributed by atoms with Crippen molar-refractivity contribution >= 4 is 17.1 Å². The monoisotopic (exact) mass is 420 g/mol. The summed E-state index contributed by atoms with van der Waals surface area (Å²) in [6.45, 7) is 6.63. The van der Waals surface area contributed by atoms with Gasteiger partial charge in [-0.25, -0.2) is 0 Å². The van der Waals surface area contributed by atoms with Crippen molar-refractivity contribution in [1.29, 1.82) is 0 Å². The maximum atomic E-state index is 13.1. The van der Waals surface area contributed by atoms with Crippen LogP contribution < -0.4 is 0 Å². The zero-order chi connectivity index (χ0) is 22.5. The average Bonchev–Trinajstić information content (AvgIpc) is 3.11. The molecule has 2 atom stereocenters. The molecule has 2 heteroatoms. The molecule has 0 heterocycles. The standard InChI is InChI=1S/C30H28O2/c1-29(2)25-18-26(31)30(29,3)19-24(25)27(20-11-6-4-7-12-20)22-15-10-16-23(17-22)28(32)21-13-8-5-9-14-21/h4-17,25H,18-19H2,1-3H3. The number of hydrogen-bond acceptors (Lipinski definition) is 2. The van der Waals surface area contributed by atoms with Crippen LogP contribution in [0.3, 0.4) is 0 Å². The third-order valence-corrected chi connectivity index (χ3v) is 8.10. The van der Waals surface area contributed by atoms with Gasteiger partial charge in [-0.3, -0.25) is 9.59 Å². The van der Waals surface area contributed by atoms with E-state index in [2.05, 4.69) is 51.1 Å². The van der Waals surface area contributed by atoms with Gasteiger partial charge in [0.05, 0.1) is 0 Å². The number of allylic oxidation sites excluding steroid dienone is 1. The molecule has 0 aliphatic heterocycles. The molecule has 0 amide bonds. The molecule has 2 fully saturated rings. The van der Waals surface area contributed by atoms with Gasteiger partial charge in [0.1, 0.15) is 5.78 Å². The van der Waals surface area contributed by atoms with Gasteiger partial charge < -0.3 is 0 Å². The van der Waals surface area contributed by atoms with Crippen molar-refractivity contribution in [3.63, 3.8) is 0 Å². The Kier molecular flexibility index (Phi) is 4.78. The fraction of sp³-hybridized carbons (Fsp3) is 0.267. The van der Waals surface area contributed by atoms with Crippen molar-refractivity contribution < 1.29 is 9.59 Å². The number of ketones is 2. The molecule has 0 spiro atoms. The molecule has 0 N–H and O–H groups in total. The van der Waals surface area contributed by atoms with E-state index in [4.69, 9.17) is 0 Å². The van der Waals surface area contributed by atoms with Crippen LogP contribution in [0.2, 0.25) is 0 Å². The SMILES string of the molecule is CC12CC(=C(c3ccccc3)c3cccc(C(=O)c4ccccc4)c3)C(CC1=O)C2(C)C. The van der Waals surface area contributed by atoms with Crippen LogP contribution >= 0.6 is 0 Å². The summed E-state index contributed by atoms with van der Waals surface area (Å²) < 4.78 is 0. The summed E-state index contributed by atoms with van der Waals surface area (Å²) in [6, 6.07) is 27.8. The third kappa shape index (κ3) is 3.01. The molecular weight excluding hydrogens is 392 g/mol. The molecule has 5 rings (SSSR count). The lowest BCUT2D eigenvalue weighted by molar-refractivity contribution is -0.127. The Morgan fingerprint density at radius 1 is 0.750 bits per heavy atom. The van der Waals surface area contributed by atoms with Crippen molar-refractivity contribution in [3.05, 3.63) is 113 Å². The smallest absolute Gasteiger partial charge is 0.193 e. The third-order valence-electron chi connectivity index (χ3n) is 8.10. The highest BCUT2D eigenvalue weighted by Gasteiger charge is 2.64. The van der Waals surface area contributed by atoms with Gasteiger partial charge in [0.2, 0.25) is 0 Å². The number of fused-ring (bicyclic) bond motifs is 2. The summed E-state index contributed by atoms with van der Waals surface area (Å²) in [5, 5.41) is 0. The molecule has 3 aromatic carbocycles. The van der Waals surface area contributed by atoms with E-state index in [-0.39, 0.29) is 22.5 Å². The average molecular weight is 421 g/mol. The zero-order valence-corrected chi connectivity index (χ0v) is 18.9. The summed E-state index contributed by atoms with van der Waals surface area (Å²) >= 11 is 0. The first-order valence-electron chi connectivity index (χ1n) is 11.3. The Labute approximate surface area is 190 Å². The molecule has 2 saturated carbocycles. The van der Waals surface area contributed by atoms with E-state index in [1.165, 1.54) is 11.1 Å². The Balaban J connectivity index is 1.68. The molecule has 0 aromatic heterocycles. The largest absolute Gasteiger partial charge is 0.299 e. The van der Waals surface area contributed by atoms with Crippen LogP contribution in [0, 0.1) is 16.7 Å². The quantitative estimate of drug-likeness (QED) is 0.438. The van der Waals surface area contributed by atoms with Crippen molar-refractivity contribution in [1.82, 2.24) is 0 Å². The van der Waals surface area contributed by atoms with Crippen LogP contribution in [0.1, 0.15) is 60.7 Å². The van der Waals surface area contributed by atoms with Gasteiger partial charge in [0.25, 0.3) is 0 Å². The Morgan fingerprint density at radius 2 is 1.31 bits per heavy atom. The van der Waals surface area contributed by atoms with Gasteiger partial charge >= 0.3 is 0 Å². The molecule has 2 aliphatic rings. The zero-order valence-electron chi connectivity index (χ0n) is 18.9. The molecule has 32 heavy (non-hydrogen) atoms. The molecule has 2 aliphatic carbocycles. The normalized spacial score (nSPS) is 25.1. The van der Waals surface area contributed by atoms with E-state index in [0.717, 1.165) is 17.5 Å². The predicted molar refractivity (Wildman–Crippen MR) is 128 cm³/mol. The van der Waals surface area contributed by atoms with Crippen LogP contribution in [0.5, 0.6) is 0 Å². The first kappa shape index (κ1) is 20.6. The fourth-order valence-corrected chi connectivity index (χ4v) is 5.78. The van der Waals surface area contributed by atoms with Crippen molar-refractivity contribution in [2.75, 3.05) is 0 Å². The minimum Gasteiger partial charge on any atom is -0.299 e. The second-order valence-corrected chi connectivity index (χ2v) is 9.95.